The van der Waals surface area contributed by atoms with Gasteiger partial charge in [0.05, 0.1) is 0 Å². The van der Waals surface area contributed by atoms with Crippen LogP contribution in [-0.2, 0) is 6.42 Å². The third kappa shape index (κ3) is 1.30. The Labute approximate surface area is 73.0 Å². The van der Waals surface area contributed by atoms with E-state index in [9.17, 15) is 0 Å². The van der Waals surface area contributed by atoms with Crippen LogP contribution in [0, 0.1) is 0 Å². The Balaban J connectivity index is 2.11. The Bertz CT molecular complexity index is 245. The van der Waals surface area contributed by atoms with E-state index < -0.39 is 0 Å². The summed E-state index contributed by atoms with van der Waals surface area (Å²) >= 11 is 0. The molecule has 1 heterocycles. The zero-order valence-electron chi connectivity index (χ0n) is 7.30. The topological polar surface area (TPSA) is 24.1 Å². The lowest BCUT2D eigenvalue weighted by Crippen LogP contribution is -2.28. The Morgan fingerprint density at radius 3 is 3.08 bits per heavy atom. The second-order valence-corrected chi connectivity index (χ2v) is 3.26. The predicted molar refractivity (Wildman–Crippen MR) is 51.5 cm³/mol. The van der Waals surface area contributed by atoms with E-state index in [1.54, 1.807) is 0 Å². The van der Waals surface area contributed by atoms with Gasteiger partial charge in [0.2, 0.25) is 0 Å². The largest absolute Gasteiger partial charge is 0.380 e. The lowest BCUT2D eigenvalue weighted by atomic mass is 10.1. The van der Waals surface area contributed by atoms with Crippen molar-refractivity contribution >= 4 is 5.69 Å². The molecule has 0 fully saturated rings. The fraction of sp³-hybridized carbons (Fsp3) is 0.400. The number of rotatable bonds is 2. The molecule has 0 aromatic heterocycles. The molecule has 0 unspecified atom stereocenters. The molecule has 1 aliphatic heterocycles. The first-order chi connectivity index (χ1) is 5.90. The Morgan fingerprint density at radius 1 is 1.50 bits per heavy atom. The third-order valence-electron chi connectivity index (χ3n) is 2.29. The maximum atomic E-state index is 3.47. The van der Waals surface area contributed by atoms with Gasteiger partial charge in [-0.2, -0.15) is 0 Å². The first kappa shape index (κ1) is 7.62. The number of hydrogen-bond acceptors (Lipinski definition) is 2. The van der Waals surface area contributed by atoms with Crippen LogP contribution in [0.1, 0.15) is 5.56 Å². The zero-order chi connectivity index (χ0) is 8.39. The Hall–Kier alpha value is -1.02. The molecule has 2 heteroatoms. The molecule has 12 heavy (non-hydrogen) atoms. The van der Waals surface area contributed by atoms with E-state index in [2.05, 4.69) is 34.9 Å². The average molecular weight is 162 g/mol. The number of hydrogen-bond donors (Lipinski definition) is 2. The van der Waals surface area contributed by atoms with Gasteiger partial charge >= 0.3 is 0 Å². The summed E-state index contributed by atoms with van der Waals surface area (Å²) in [6.07, 6.45) is 1.15. The molecule has 2 rings (SSSR count). The second kappa shape index (κ2) is 3.15. The van der Waals surface area contributed by atoms with Crippen molar-refractivity contribution in [3.63, 3.8) is 0 Å². The standard InChI is InChI=1S/C10H14N2/c1-11-7-9-6-8-4-2-3-5-10(8)12-9/h2-5,9,11-12H,6-7H2,1H3/t9-/m0/s1. The first-order valence-electron chi connectivity index (χ1n) is 4.39. The quantitative estimate of drug-likeness (QED) is 0.683. The Kier molecular flexibility index (Phi) is 2.00. The van der Waals surface area contributed by atoms with E-state index in [1.165, 1.54) is 11.3 Å². The molecule has 0 spiro atoms. The van der Waals surface area contributed by atoms with Crippen LogP contribution in [0.4, 0.5) is 5.69 Å². The summed E-state index contributed by atoms with van der Waals surface area (Å²) < 4.78 is 0. The van der Waals surface area contributed by atoms with E-state index in [1.807, 2.05) is 7.05 Å². The van der Waals surface area contributed by atoms with Crippen molar-refractivity contribution < 1.29 is 0 Å². The summed E-state index contributed by atoms with van der Waals surface area (Å²) in [5, 5.41) is 6.65. The highest BCUT2D eigenvalue weighted by molar-refractivity contribution is 5.56. The molecular formula is C10H14N2. The van der Waals surface area contributed by atoms with Gasteiger partial charge in [0.25, 0.3) is 0 Å². The molecule has 0 saturated heterocycles. The minimum Gasteiger partial charge on any atom is -0.380 e. The molecule has 1 aromatic rings. The number of likely N-dealkylation sites (N-methyl/N-ethyl adjacent to an activating group) is 1. The van der Waals surface area contributed by atoms with E-state index >= 15 is 0 Å². The van der Waals surface area contributed by atoms with Gasteiger partial charge in [-0.3, -0.25) is 0 Å². The fourth-order valence-electron chi connectivity index (χ4n) is 1.75. The van der Waals surface area contributed by atoms with Gasteiger partial charge in [-0.15, -0.1) is 0 Å². The predicted octanol–water partition coefficient (Wildman–Crippen LogP) is 1.24. The van der Waals surface area contributed by atoms with E-state index in [-0.39, 0.29) is 0 Å². The monoisotopic (exact) mass is 162 g/mol. The molecule has 0 saturated carbocycles. The summed E-state index contributed by atoms with van der Waals surface area (Å²) in [5.74, 6) is 0. The lowest BCUT2D eigenvalue weighted by molar-refractivity contribution is 0.674. The van der Waals surface area contributed by atoms with Crippen molar-refractivity contribution in [1.82, 2.24) is 5.32 Å². The highest BCUT2D eigenvalue weighted by atomic mass is 15.0. The minimum atomic E-state index is 0.576. The molecule has 0 aliphatic carbocycles. The summed E-state index contributed by atoms with van der Waals surface area (Å²) in [6.45, 7) is 1.04. The number of fused-ring (bicyclic) bond motifs is 1. The highest BCUT2D eigenvalue weighted by Crippen LogP contribution is 2.24. The molecule has 0 bridgehead atoms. The van der Waals surface area contributed by atoms with Gasteiger partial charge < -0.3 is 10.6 Å². The van der Waals surface area contributed by atoms with Gasteiger partial charge in [0.1, 0.15) is 0 Å². The van der Waals surface area contributed by atoms with Crippen LogP contribution < -0.4 is 10.6 Å². The second-order valence-electron chi connectivity index (χ2n) is 3.26. The molecule has 2 nitrogen and oxygen atoms in total. The van der Waals surface area contributed by atoms with Crippen molar-refractivity contribution in [1.29, 1.82) is 0 Å². The van der Waals surface area contributed by atoms with Crippen molar-refractivity contribution in [3.8, 4) is 0 Å². The van der Waals surface area contributed by atoms with Crippen LogP contribution in [0.2, 0.25) is 0 Å². The first-order valence-corrected chi connectivity index (χ1v) is 4.39. The van der Waals surface area contributed by atoms with Crippen LogP contribution >= 0.6 is 0 Å². The molecule has 1 aliphatic rings. The fourth-order valence-corrected chi connectivity index (χ4v) is 1.75. The van der Waals surface area contributed by atoms with Crippen LogP contribution in [0.3, 0.4) is 0 Å². The molecule has 0 amide bonds. The SMILES string of the molecule is CNC[C@@H]1Cc2ccccc2N1. The van der Waals surface area contributed by atoms with Gasteiger partial charge in [0, 0.05) is 18.3 Å². The summed E-state index contributed by atoms with van der Waals surface area (Å²) in [6, 6.07) is 9.09. The summed E-state index contributed by atoms with van der Waals surface area (Å²) in [7, 11) is 1.99. The number of nitrogens with one attached hydrogen (secondary N) is 2. The molecule has 2 N–H and O–H groups in total. The maximum Gasteiger partial charge on any atom is 0.0426 e. The zero-order valence-corrected chi connectivity index (χ0v) is 7.30. The average Bonchev–Trinajstić information content (AvgIpc) is 2.47. The van der Waals surface area contributed by atoms with Gasteiger partial charge in [-0.25, -0.2) is 0 Å². The van der Waals surface area contributed by atoms with Gasteiger partial charge in [-0.05, 0) is 25.1 Å². The number of para-hydroxylation sites is 1. The smallest absolute Gasteiger partial charge is 0.0426 e. The van der Waals surface area contributed by atoms with Crippen molar-refractivity contribution in [2.75, 3.05) is 18.9 Å². The van der Waals surface area contributed by atoms with Crippen LogP contribution in [0.15, 0.2) is 24.3 Å². The van der Waals surface area contributed by atoms with Gasteiger partial charge in [0.15, 0.2) is 0 Å². The van der Waals surface area contributed by atoms with Crippen LogP contribution in [0.5, 0.6) is 0 Å². The van der Waals surface area contributed by atoms with Crippen LogP contribution in [0.25, 0.3) is 0 Å². The number of anilines is 1. The van der Waals surface area contributed by atoms with Crippen LogP contribution in [-0.4, -0.2) is 19.6 Å². The lowest BCUT2D eigenvalue weighted by Gasteiger charge is -2.09. The normalized spacial score (nSPS) is 20.2. The molecule has 0 radical (unpaired) electrons. The molecule has 1 aromatic carbocycles. The Morgan fingerprint density at radius 2 is 2.33 bits per heavy atom. The van der Waals surface area contributed by atoms with Crippen molar-refractivity contribution in [2.45, 2.75) is 12.5 Å². The summed E-state index contributed by atoms with van der Waals surface area (Å²) in [5.41, 5.74) is 2.75. The molecule has 1 atom stereocenters. The molecule has 64 valence electrons. The minimum absolute atomic E-state index is 0.576. The van der Waals surface area contributed by atoms with Crippen molar-refractivity contribution in [2.24, 2.45) is 0 Å². The summed E-state index contributed by atoms with van der Waals surface area (Å²) in [4.78, 5) is 0. The highest BCUT2D eigenvalue weighted by Gasteiger charge is 2.18. The van der Waals surface area contributed by atoms with E-state index in [4.69, 9.17) is 0 Å². The number of benzene rings is 1. The van der Waals surface area contributed by atoms with E-state index in [0.29, 0.717) is 6.04 Å². The third-order valence-corrected chi connectivity index (χ3v) is 2.29. The molecular weight excluding hydrogens is 148 g/mol. The maximum absolute atomic E-state index is 3.47. The van der Waals surface area contributed by atoms with E-state index in [0.717, 1.165) is 13.0 Å². The van der Waals surface area contributed by atoms with Gasteiger partial charge in [-0.1, -0.05) is 18.2 Å². The van der Waals surface area contributed by atoms with Crippen molar-refractivity contribution in [3.05, 3.63) is 29.8 Å².